The molecular formula is C50H65N6O8Si. The highest BCUT2D eigenvalue weighted by molar-refractivity contribution is 6.55. The molecule has 3 amide bonds. The summed E-state index contributed by atoms with van der Waals surface area (Å²) in [6.07, 6.45) is 6.12. The molecule has 2 bridgehead atoms. The molecule has 2 aromatic carbocycles. The Morgan fingerprint density at radius 3 is 2.52 bits per heavy atom. The number of nitrogens with zero attached hydrogens (tertiary/aromatic N) is 4. The normalized spacial score (nSPS) is 19.9. The number of carbonyl (C=O) groups excluding carboxylic acids is 4. The average Bonchev–Trinajstić information content (AvgIpc) is 4.00. The van der Waals surface area contributed by atoms with Gasteiger partial charge in [0.15, 0.2) is 10.2 Å². The van der Waals surface area contributed by atoms with E-state index in [-0.39, 0.29) is 42.6 Å². The molecule has 7 rings (SSSR count). The summed E-state index contributed by atoms with van der Waals surface area (Å²) in [6, 6.07) is 13.7. The topological polar surface area (TPSA) is 165 Å². The first-order valence-corrected chi connectivity index (χ1v) is 23.6. The van der Waals surface area contributed by atoms with Crippen molar-refractivity contribution in [2.24, 2.45) is 17.3 Å². The number of benzene rings is 2. The molecule has 1 aliphatic carbocycles. The molecule has 2 aromatic heterocycles. The van der Waals surface area contributed by atoms with E-state index < -0.39 is 34.6 Å². The van der Waals surface area contributed by atoms with Crippen LogP contribution in [0.25, 0.3) is 33.3 Å². The summed E-state index contributed by atoms with van der Waals surface area (Å²) in [6.45, 7) is 14.5. The third-order valence-electron chi connectivity index (χ3n) is 13.5. The number of rotatable bonds is 17. The van der Waals surface area contributed by atoms with Gasteiger partial charge in [-0.25, -0.2) is 5.43 Å². The lowest BCUT2D eigenvalue weighted by atomic mass is 9.84. The largest absolute Gasteiger partial charge is 0.508 e. The number of likely N-dealkylation sites (N-methyl/N-ethyl adjacent to an activating group) is 1. The summed E-state index contributed by atoms with van der Waals surface area (Å²) >= 11 is 0. The smallest absolute Gasteiger partial charge is 0.264 e. The predicted octanol–water partition coefficient (Wildman–Crippen LogP) is 6.88. The number of aromatic nitrogens is 2. The Hall–Kier alpha value is -5.09. The molecule has 3 fully saturated rings. The first kappa shape index (κ1) is 47.9. The molecule has 3 aliphatic rings. The number of ether oxygens (including phenoxy) is 3. The fourth-order valence-corrected chi connectivity index (χ4v) is 10.3. The van der Waals surface area contributed by atoms with Gasteiger partial charge in [-0.1, -0.05) is 39.8 Å². The van der Waals surface area contributed by atoms with Gasteiger partial charge in [-0.3, -0.25) is 29.2 Å². The Morgan fingerprint density at radius 1 is 1.11 bits per heavy atom. The average molecular weight is 906 g/mol. The van der Waals surface area contributed by atoms with E-state index in [4.69, 9.17) is 19.2 Å². The first-order chi connectivity index (χ1) is 31.0. The molecule has 4 aromatic rings. The Labute approximate surface area is 386 Å². The molecule has 14 nitrogen and oxygen atoms in total. The fraction of sp³-hybridized carbons (Fsp3) is 0.540. The minimum absolute atomic E-state index is 0.0143. The minimum Gasteiger partial charge on any atom is -0.508 e. The maximum absolute atomic E-state index is 14.4. The van der Waals surface area contributed by atoms with Crippen molar-refractivity contribution in [2.75, 3.05) is 40.5 Å². The maximum atomic E-state index is 14.4. The number of fused-ring (bicyclic) bond motifs is 3. The molecule has 5 atom stereocenters. The predicted molar refractivity (Wildman–Crippen MR) is 250 cm³/mol. The van der Waals surface area contributed by atoms with Crippen molar-refractivity contribution in [1.82, 2.24) is 30.2 Å². The van der Waals surface area contributed by atoms with Crippen LogP contribution < -0.4 is 10.7 Å². The van der Waals surface area contributed by atoms with E-state index in [1.165, 1.54) is 4.90 Å². The number of hydrogen-bond acceptors (Lipinski definition) is 10. The van der Waals surface area contributed by atoms with E-state index in [1.54, 1.807) is 37.5 Å². The second-order valence-corrected chi connectivity index (χ2v) is 19.7. The van der Waals surface area contributed by atoms with Crippen LogP contribution in [0.1, 0.15) is 96.6 Å². The molecule has 1 saturated carbocycles. The Balaban J connectivity index is 1.26. The highest BCUT2D eigenvalue weighted by Gasteiger charge is 2.54. The van der Waals surface area contributed by atoms with Crippen LogP contribution in [-0.2, 0) is 48.0 Å². The van der Waals surface area contributed by atoms with Gasteiger partial charge in [0.25, 0.3) is 17.4 Å². The molecule has 3 N–H and O–H groups in total. The highest BCUT2D eigenvalue weighted by atomic mass is 28.1. The molecule has 3 radical (unpaired) electrons. The standard InChI is InChI=1S/C50H65N6O8Si/c1-9-55-41-15-14-34(25-38(41)39(27-49(5,6)29-63-48(61)65)44(55)37-13-12-18-51-42(37)31(4)62-8)35-21-33(22-36(57)24-35)23-40(46(59)56-20-11-10-19-52-56)53-45(58)43(30(2)3)54(7)47(60)50-17-16-32(26-50)28-64-50/h12-15,18,21-22,24-25,30-32,40,43,52,57H,9-11,16-17,19-20,23,26-29H2,1-8H3,(H,53,58)/t31-,32?,40-,43-,50?/m0/s1. The number of aromatic hydroxyl groups is 1. The summed E-state index contributed by atoms with van der Waals surface area (Å²) in [4.78, 5) is 61.0. The van der Waals surface area contributed by atoms with Gasteiger partial charge in [0.1, 0.15) is 23.4 Å². The number of carbonyl (C=O) groups is 4. The van der Waals surface area contributed by atoms with Crippen LogP contribution in [0.3, 0.4) is 0 Å². The Morgan fingerprint density at radius 2 is 1.89 bits per heavy atom. The lowest BCUT2D eigenvalue weighted by Crippen LogP contribution is -2.61. The van der Waals surface area contributed by atoms with E-state index in [0.29, 0.717) is 57.0 Å². The van der Waals surface area contributed by atoms with Gasteiger partial charge < -0.3 is 34.1 Å². The van der Waals surface area contributed by atoms with Crippen molar-refractivity contribution in [3.8, 4) is 28.1 Å². The van der Waals surface area contributed by atoms with Crippen LogP contribution in [0.4, 0.5) is 4.79 Å². The number of amides is 3. The zero-order valence-electron chi connectivity index (χ0n) is 39.2. The maximum Gasteiger partial charge on any atom is 0.264 e. The van der Waals surface area contributed by atoms with Gasteiger partial charge in [-0.05, 0) is 123 Å². The van der Waals surface area contributed by atoms with Crippen LogP contribution in [0, 0.1) is 17.3 Å². The summed E-state index contributed by atoms with van der Waals surface area (Å²) in [7, 11) is 6.31. The highest BCUT2D eigenvalue weighted by Crippen LogP contribution is 2.46. The Kier molecular flexibility index (Phi) is 14.6. The van der Waals surface area contributed by atoms with E-state index in [9.17, 15) is 24.3 Å². The monoisotopic (exact) mass is 905 g/mol. The first-order valence-electron chi connectivity index (χ1n) is 23.1. The lowest BCUT2D eigenvalue weighted by Gasteiger charge is -2.37. The molecule has 2 unspecified atom stereocenters. The van der Waals surface area contributed by atoms with E-state index >= 15 is 0 Å². The number of methoxy groups -OCH3 is 1. The zero-order valence-corrected chi connectivity index (χ0v) is 40.2. The van der Waals surface area contributed by atoms with Gasteiger partial charge in [0.05, 0.1) is 30.7 Å². The van der Waals surface area contributed by atoms with Crippen molar-refractivity contribution < 1.29 is 38.5 Å². The van der Waals surface area contributed by atoms with Crippen LogP contribution in [0.15, 0.2) is 54.7 Å². The number of phenols is 1. The molecule has 0 spiro atoms. The van der Waals surface area contributed by atoms with Gasteiger partial charge in [-0.2, -0.15) is 0 Å². The van der Waals surface area contributed by atoms with Crippen molar-refractivity contribution in [3.63, 3.8) is 0 Å². The second kappa shape index (κ2) is 19.8. The molecule has 15 heteroatoms. The number of hydrogen-bond donors (Lipinski definition) is 3. The third kappa shape index (κ3) is 10.2. The summed E-state index contributed by atoms with van der Waals surface area (Å²) in [5.74, 6) is -0.784. The molecule has 2 saturated heterocycles. The number of nitrogens with one attached hydrogen (secondary N) is 2. The van der Waals surface area contributed by atoms with Crippen molar-refractivity contribution >= 4 is 44.5 Å². The second-order valence-electron chi connectivity index (χ2n) is 19.3. The van der Waals surface area contributed by atoms with Crippen LogP contribution in [0.5, 0.6) is 5.75 Å². The Bertz CT molecular complexity index is 2400. The SMILES string of the molecule is CCn1c(-c2cccnc2[C@H](C)OC)c(CC(C)(C)COC(=O)[Si])c2cc(-c3cc(O)cc(C[C@H](NC(=O)[C@H](C(C)C)N(C)C(=O)C45CCC(CO4)C5)C(=O)N4CCCCN4)c3)ccc21. The number of aryl methyl sites for hydroxylation is 1. The zero-order chi connectivity index (χ0) is 46.8. The molecule has 4 heterocycles. The van der Waals surface area contributed by atoms with Gasteiger partial charge >= 0.3 is 0 Å². The van der Waals surface area contributed by atoms with Crippen molar-refractivity contribution in [1.29, 1.82) is 0 Å². The van der Waals surface area contributed by atoms with Gasteiger partial charge in [-0.15, -0.1) is 0 Å². The van der Waals surface area contributed by atoms with Crippen molar-refractivity contribution in [3.05, 3.63) is 71.5 Å². The van der Waals surface area contributed by atoms with E-state index in [0.717, 1.165) is 63.8 Å². The van der Waals surface area contributed by atoms with E-state index in [2.05, 4.69) is 64.5 Å². The van der Waals surface area contributed by atoms with Crippen LogP contribution >= 0.6 is 0 Å². The molecule has 2 aliphatic heterocycles. The lowest BCUT2D eigenvalue weighted by molar-refractivity contribution is -0.159. The van der Waals surface area contributed by atoms with Crippen LogP contribution in [-0.4, -0.2) is 116 Å². The summed E-state index contributed by atoms with van der Waals surface area (Å²) in [5, 5.41) is 17.0. The minimum atomic E-state index is -1.00. The summed E-state index contributed by atoms with van der Waals surface area (Å²) in [5.41, 5.74) is 8.32. The molecular weight excluding hydrogens is 841 g/mol. The van der Waals surface area contributed by atoms with Gasteiger partial charge in [0.2, 0.25) is 5.91 Å². The third-order valence-corrected chi connectivity index (χ3v) is 13.7. The van der Waals surface area contributed by atoms with E-state index in [1.807, 2.05) is 39.0 Å². The van der Waals surface area contributed by atoms with Gasteiger partial charge in [0, 0.05) is 68.3 Å². The van der Waals surface area contributed by atoms with Crippen molar-refractivity contribution in [2.45, 2.75) is 117 Å². The molecule has 347 valence electrons. The fourth-order valence-electron chi connectivity index (χ4n) is 10.3. The number of pyridine rings is 1. The van der Waals surface area contributed by atoms with Crippen LogP contribution in [0.2, 0.25) is 0 Å². The quantitative estimate of drug-likeness (QED) is 0.0952. The number of phenolic OH excluding ortho intramolecular Hbond substituents is 1. The number of hydrazine groups is 1. The molecule has 65 heavy (non-hydrogen) atoms. The summed E-state index contributed by atoms with van der Waals surface area (Å²) < 4.78 is 19.6.